The lowest BCUT2D eigenvalue weighted by molar-refractivity contribution is -0.125. The van der Waals surface area contributed by atoms with Crippen LogP contribution in [0.5, 0.6) is 0 Å². The number of hydrogen-bond donors (Lipinski definition) is 2. The van der Waals surface area contributed by atoms with Crippen molar-refractivity contribution in [1.29, 1.82) is 0 Å². The number of rotatable bonds is 3. The quantitative estimate of drug-likeness (QED) is 0.539. The molecule has 0 saturated carbocycles. The zero-order valence-electron chi connectivity index (χ0n) is 8.48. The highest BCUT2D eigenvalue weighted by Crippen LogP contribution is 2.11. The Morgan fingerprint density at radius 3 is 2.87 bits per heavy atom. The number of aromatic amines is 1. The van der Waals surface area contributed by atoms with Gasteiger partial charge in [0.1, 0.15) is 5.82 Å². The molecule has 0 unspecified atom stereocenters. The molecule has 6 nitrogen and oxygen atoms in total. The minimum Gasteiger partial charge on any atom is -0.383 e. The molecule has 0 atom stereocenters. The number of hydrogen-bond acceptors (Lipinski definition) is 5. The molecule has 15 heavy (non-hydrogen) atoms. The van der Waals surface area contributed by atoms with E-state index in [1.165, 1.54) is 11.0 Å². The molecule has 0 radical (unpaired) electrons. The van der Waals surface area contributed by atoms with Crippen LogP contribution >= 0.6 is 11.8 Å². The second kappa shape index (κ2) is 4.83. The number of carbonyl (C=O) groups is 1. The third-order valence-corrected chi connectivity index (χ3v) is 2.43. The second-order valence-electron chi connectivity index (χ2n) is 3.05. The van der Waals surface area contributed by atoms with E-state index in [9.17, 15) is 9.59 Å². The standard InChI is InChI=1S/C8H12N4O2S/c1-12(2)7(14)4-15-8-10-5(9)3-6(13)11-8/h3H,4H2,1-2H3,(H3,9,10,11,13). The van der Waals surface area contributed by atoms with Gasteiger partial charge in [0.05, 0.1) is 5.75 Å². The first-order valence-electron chi connectivity index (χ1n) is 4.19. The topological polar surface area (TPSA) is 92.1 Å². The highest BCUT2D eigenvalue weighted by atomic mass is 32.2. The Kier molecular flexibility index (Phi) is 3.73. The van der Waals surface area contributed by atoms with Gasteiger partial charge in [0.2, 0.25) is 5.91 Å². The summed E-state index contributed by atoms with van der Waals surface area (Å²) in [6.45, 7) is 0. The first-order chi connectivity index (χ1) is 6.99. The minimum atomic E-state index is -0.317. The SMILES string of the molecule is CN(C)C(=O)CSc1nc(N)cc(=O)[nH]1. The van der Waals surface area contributed by atoms with Gasteiger partial charge < -0.3 is 15.6 Å². The summed E-state index contributed by atoms with van der Waals surface area (Å²) in [5.74, 6) is 0.322. The Bertz CT molecular complexity index is 415. The van der Waals surface area contributed by atoms with E-state index in [0.29, 0.717) is 5.16 Å². The maximum Gasteiger partial charge on any atom is 0.253 e. The summed E-state index contributed by atoms with van der Waals surface area (Å²) < 4.78 is 0. The molecule has 0 aliphatic heterocycles. The van der Waals surface area contributed by atoms with Gasteiger partial charge in [-0.25, -0.2) is 4.98 Å². The van der Waals surface area contributed by atoms with E-state index < -0.39 is 0 Å². The lowest BCUT2D eigenvalue weighted by Gasteiger charge is -2.08. The van der Waals surface area contributed by atoms with Crippen LogP contribution < -0.4 is 11.3 Å². The number of carbonyl (C=O) groups excluding carboxylic acids is 1. The highest BCUT2D eigenvalue weighted by Gasteiger charge is 2.06. The number of amides is 1. The first-order valence-corrected chi connectivity index (χ1v) is 5.17. The monoisotopic (exact) mass is 228 g/mol. The molecule has 0 aromatic carbocycles. The van der Waals surface area contributed by atoms with Crippen molar-refractivity contribution in [2.75, 3.05) is 25.6 Å². The zero-order chi connectivity index (χ0) is 11.4. The van der Waals surface area contributed by atoms with E-state index in [-0.39, 0.29) is 23.0 Å². The smallest absolute Gasteiger partial charge is 0.253 e. The van der Waals surface area contributed by atoms with Crippen molar-refractivity contribution in [3.8, 4) is 0 Å². The summed E-state index contributed by atoms with van der Waals surface area (Å²) in [6.07, 6.45) is 0. The highest BCUT2D eigenvalue weighted by molar-refractivity contribution is 7.99. The average molecular weight is 228 g/mol. The summed E-state index contributed by atoms with van der Waals surface area (Å²) in [5, 5.41) is 0.357. The summed E-state index contributed by atoms with van der Waals surface area (Å²) >= 11 is 1.15. The lowest BCUT2D eigenvalue weighted by Crippen LogP contribution is -2.23. The third-order valence-electron chi connectivity index (χ3n) is 1.57. The number of nitrogens with one attached hydrogen (secondary N) is 1. The molecule has 0 bridgehead atoms. The Labute approximate surface area is 90.9 Å². The normalized spacial score (nSPS) is 10.0. The summed E-state index contributed by atoms with van der Waals surface area (Å²) in [7, 11) is 3.33. The Morgan fingerprint density at radius 2 is 2.33 bits per heavy atom. The molecular weight excluding hydrogens is 216 g/mol. The Hall–Kier alpha value is -1.50. The molecule has 1 rings (SSSR count). The zero-order valence-corrected chi connectivity index (χ0v) is 9.30. The largest absolute Gasteiger partial charge is 0.383 e. The van der Waals surface area contributed by atoms with Crippen LogP contribution in [0.15, 0.2) is 16.0 Å². The van der Waals surface area contributed by atoms with Gasteiger partial charge in [-0.15, -0.1) is 0 Å². The van der Waals surface area contributed by atoms with Crippen molar-refractivity contribution in [1.82, 2.24) is 14.9 Å². The molecule has 0 spiro atoms. The van der Waals surface area contributed by atoms with Gasteiger partial charge in [-0.1, -0.05) is 11.8 Å². The summed E-state index contributed by atoms with van der Waals surface area (Å²) in [6, 6.07) is 1.19. The van der Waals surface area contributed by atoms with Gasteiger partial charge in [0.25, 0.3) is 5.56 Å². The lowest BCUT2D eigenvalue weighted by atomic mass is 10.6. The van der Waals surface area contributed by atoms with Crippen molar-refractivity contribution < 1.29 is 4.79 Å². The molecule has 0 aliphatic rings. The van der Waals surface area contributed by atoms with Gasteiger partial charge in [0.15, 0.2) is 5.16 Å². The fourth-order valence-corrected chi connectivity index (χ4v) is 1.64. The molecule has 0 aliphatic carbocycles. The van der Waals surface area contributed by atoms with Gasteiger partial charge in [-0.3, -0.25) is 9.59 Å². The number of anilines is 1. The molecule has 1 amide bonds. The van der Waals surface area contributed by atoms with Crippen molar-refractivity contribution >= 4 is 23.5 Å². The number of nitrogen functional groups attached to an aromatic ring is 1. The van der Waals surface area contributed by atoms with E-state index >= 15 is 0 Å². The maximum atomic E-state index is 11.2. The predicted octanol–water partition coefficient (Wildman–Crippen LogP) is -0.468. The molecule has 0 saturated heterocycles. The summed E-state index contributed by atoms with van der Waals surface area (Å²) in [5.41, 5.74) is 5.07. The molecular formula is C8H12N4O2S. The van der Waals surface area contributed by atoms with Gasteiger partial charge in [0, 0.05) is 20.2 Å². The van der Waals surface area contributed by atoms with Crippen molar-refractivity contribution in [3.63, 3.8) is 0 Å². The van der Waals surface area contributed by atoms with Gasteiger partial charge >= 0.3 is 0 Å². The van der Waals surface area contributed by atoms with Crippen LogP contribution in [-0.2, 0) is 4.79 Å². The number of thioether (sulfide) groups is 1. The number of nitrogens with two attached hydrogens (primary N) is 1. The number of aromatic nitrogens is 2. The van der Waals surface area contributed by atoms with Crippen LogP contribution in [-0.4, -0.2) is 40.6 Å². The Balaban J connectivity index is 2.66. The maximum absolute atomic E-state index is 11.2. The molecule has 3 N–H and O–H groups in total. The number of nitrogens with zero attached hydrogens (tertiary/aromatic N) is 2. The van der Waals surface area contributed by atoms with E-state index in [1.807, 2.05) is 0 Å². The summed E-state index contributed by atoms with van der Waals surface area (Å²) in [4.78, 5) is 30.1. The second-order valence-corrected chi connectivity index (χ2v) is 4.02. The minimum absolute atomic E-state index is 0.0509. The van der Waals surface area contributed by atoms with Crippen molar-refractivity contribution in [2.24, 2.45) is 0 Å². The van der Waals surface area contributed by atoms with Crippen LogP contribution in [0.25, 0.3) is 0 Å². The molecule has 1 heterocycles. The van der Waals surface area contributed by atoms with Crippen molar-refractivity contribution in [3.05, 3.63) is 16.4 Å². The number of H-pyrrole nitrogens is 1. The van der Waals surface area contributed by atoms with Crippen LogP contribution in [0, 0.1) is 0 Å². The third kappa shape index (κ3) is 3.62. The van der Waals surface area contributed by atoms with Gasteiger partial charge in [-0.2, -0.15) is 0 Å². The molecule has 82 valence electrons. The fourth-order valence-electron chi connectivity index (χ4n) is 0.781. The van der Waals surface area contributed by atoms with Crippen molar-refractivity contribution in [2.45, 2.75) is 5.16 Å². The van der Waals surface area contributed by atoms with Crippen LogP contribution in [0.4, 0.5) is 5.82 Å². The average Bonchev–Trinajstić information content (AvgIpc) is 2.12. The van der Waals surface area contributed by atoms with E-state index in [0.717, 1.165) is 11.8 Å². The van der Waals surface area contributed by atoms with Crippen LogP contribution in [0.3, 0.4) is 0 Å². The fraction of sp³-hybridized carbons (Fsp3) is 0.375. The molecule has 1 aromatic rings. The molecule has 1 aromatic heterocycles. The van der Waals surface area contributed by atoms with E-state index in [2.05, 4.69) is 9.97 Å². The Morgan fingerprint density at radius 1 is 1.67 bits per heavy atom. The first kappa shape index (κ1) is 11.6. The van der Waals surface area contributed by atoms with E-state index in [4.69, 9.17) is 5.73 Å². The molecule has 7 heteroatoms. The van der Waals surface area contributed by atoms with E-state index in [1.54, 1.807) is 14.1 Å². The predicted molar refractivity (Wildman–Crippen MR) is 58.7 cm³/mol. The van der Waals surface area contributed by atoms with Crippen LogP contribution in [0.2, 0.25) is 0 Å². The van der Waals surface area contributed by atoms with Crippen LogP contribution in [0.1, 0.15) is 0 Å². The van der Waals surface area contributed by atoms with Gasteiger partial charge in [-0.05, 0) is 0 Å². The molecule has 0 fully saturated rings.